The third kappa shape index (κ3) is 4.84. The van der Waals surface area contributed by atoms with Crippen LogP contribution in [-0.4, -0.2) is 38.1 Å². The molecule has 4 rings (SSSR count). The predicted molar refractivity (Wildman–Crippen MR) is 120 cm³/mol. The van der Waals surface area contributed by atoms with E-state index in [0.717, 1.165) is 22.8 Å². The molecule has 0 radical (unpaired) electrons. The second-order valence-electron chi connectivity index (χ2n) is 7.38. The molecule has 0 bridgehead atoms. The topological polar surface area (TPSA) is 75.9 Å². The molecule has 1 amide bonds. The zero-order chi connectivity index (χ0) is 21.6. The third-order valence-electron chi connectivity index (χ3n) is 5.25. The lowest BCUT2D eigenvalue weighted by Gasteiger charge is -2.25. The van der Waals surface area contributed by atoms with Crippen LogP contribution in [0, 0.1) is 0 Å². The van der Waals surface area contributed by atoms with Crippen LogP contribution in [0.1, 0.15) is 34.7 Å². The fraction of sp³-hybridized carbons (Fsp3) is 0.167. The highest BCUT2D eigenvalue weighted by molar-refractivity contribution is 6.04. The number of nitrogens with one attached hydrogen (secondary N) is 1. The number of amides is 1. The van der Waals surface area contributed by atoms with Crippen LogP contribution >= 0.6 is 0 Å². The summed E-state index contributed by atoms with van der Waals surface area (Å²) < 4.78 is 1.75. The maximum atomic E-state index is 12.5. The lowest BCUT2D eigenvalue weighted by molar-refractivity contribution is 0.102. The number of carbonyl (C=O) groups excluding carboxylic acids is 1. The summed E-state index contributed by atoms with van der Waals surface area (Å²) in [5.74, 6) is 0.634. The summed E-state index contributed by atoms with van der Waals surface area (Å²) >= 11 is 0. The second kappa shape index (κ2) is 9.32. The van der Waals surface area contributed by atoms with Crippen molar-refractivity contribution in [3.8, 4) is 5.69 Å². The SMILES string of the molecule is C[C@H](c1cccc(NC(=O)c2ccccc2)c1)N(C)Cc1nnnn1-c1ccccc1. The summed E-state index contributed by atoms with van der Waals surface area (Å²) in [5, 5.41) is 15.2. The lowest BCUT2D eigenvalue weighted by atomic mass is 10.1. The molecule has 7 nitrogen and oxygen atoms in total. The smallest absolute Gasteiger partial charge is 0.255 e. The summed E-state index contributed by atoms with van der Waals surface area (Å²) in [6.45, 7) is 2.69. The summed E-state index contributed by atoms with van der Waals surface area (Å²) in [5.41, 5.74) is 3.41. The average molecular weight is 412 g/mol. The molecule has 0 aliphatic heterocycles. The summed E-state index contributed by atoms with van der Waals surface area (Å²) in [6, 6.07) is 27.0. The van der Waals surface area contributed by atoms with E-state index < -0.39 is 0 Å². The Bertz CT molecular complexity index is 1140. The zero-order valence-corrected chi connectivity index (χ0v) is 17.5. The Morgan fingerprint density at radius 1 is 1.00 bits per heavy atom. The first kappa shape index (κ1) is 20.4. The van der Waals surface area contributed by atoms with Gasteiger partial charge in [-0.2, -0.15) is 4.68 Å². The number of benzene rings is 3. The minimum absolute atomic E-state index is 0.0921. The molecule has 4 aromatic rings. The van der Waals surface area contributed by atoms with Crippen LogP contribution in [0.25, 0.3) is 5.69 Å². The van der Waals surface area contributed by atoms with Gasteiger partial charge in [-0.25, -0.2) is 0 Å². The molecule has 1 aromatic heterocycles. The van der Waals surface area contributed by atoms with E-state index in [1.807, 2.05) is 73.8 Å². The maximum absolute atomic E-state index is 12.5. The number of aromatic nitrogens is 4. The van der Waals surface area contributed by atoms with Crippen LogP contribution in [0.15, 0.2) is 84.9 Å². The second-order valence-corrected chi connectivity index (χ2v) is 7.38. The molecule has 0 fully saturated rings. The maximum Gasteiger partial charge on any atom is 0.255 e. The average Bonchev–Trinajstić information content (AvgIpc) is 3.28. The van der Waals surface area contributed by atoms with Gasteiger partial charge in [0.05, 0.1) is 12.2 Å². The van der Waals surface area contributed by atoms with Crippen LogP contribution in [-0.2, 0) is 6.54 Å². The first-order valence-corrected chi connectivity index (χ1v) is 10.1. The van der Waals surface area contributed by atoms with E-state index in [4.69, 9.17) is 0 Å². The molecule has 0 saturated heterocycles. The van der Waals surface area contributed by atoms with Crippen LogP contribution in [0.5, 0.6) is 0 Å². The van der Waals surface area contributed by atoms with Crippen molar-refractivity contribution in [1.82, 2.24) is 25.1 Å². The fourth-order valence-electron chi connectivity index (χ4n) is 3.36. The van der Waals surface area contributed by atoms with Crippen LogP contribution in [0.4, 0.5) is 5.69 Å². The highest BCUT2D eigenvalue weighted by Gasteiger charge is 2.17. The van der Waals surface area contributed by atoms with Crippen LogP contribution in [0.3, 0.4) is 0 Å². The minimum atomic E-state index is -0.124. The zero-order valence-electron chi connectivity index (χ0n) is 17.5. The van der Waals surface area contributed by atoms with Crippen molar-refractivity contribution in [3.63, 3.8) is 0 Å². The number of rotatable bonds is 7. The van der Waals surface area contributed by atoms with Gasteiger partial charge in [0.1, 0.15) is 0 Å². The molecule has 31 heavy (non-hydrogen) atoms. The molecule has 0 spiro atoms. The molecule has 0 saturated carbocycles. The Balaban J connectivity index is 1.46. The molecule has 7 heteroatoms. The number of nitrogens with zero attached hydrogens (tertiary/aromatic N) is 5. The monoisotopic (exact) mass is 412 g/mol. The van der Waals surface area contributed by atoms with Gasteiger partial charge in [0.2, 0.25) is 0 Å². The van der Waals surface area contributed by atoms with Gasteiger partial charge in [0, 0.05) is 17.3 Å². The number of hydrogen-bond donors (Lipinski definition) is 1. The molecular formula is C24H24N6O. The Morgan fingerprint density at radius 3 is 2.45 bits per heavy atom. The highest BCUT2D eigenvalue weighted by Crippen LogP contribution is 2.23. The fourth-order valence-corrected chi connectivity index (χ4v) is 3.36. The lowest BCUT2D eigenvalue weighted by Crippen LogP contribution is -2.24. The molecule has 0 unspecified atom stereocenters. The Hall–Kier alpha value is -3.84. The van der Waals surface area contributed by atoms with Crippen molar-refractivity contribution in [2.24, 2.45) is 0 Å². The van der Waals surface area contributed by atoms with Crippen LogP contribution in [0.2, 0.25) is 0 Å². The van der Waals surface area contributed by atoms with Crippen molar-refractivity contribution in [1.29, 1.82) is 0 Å². The standard InChI is InChI=1S/C24H24N6O/c1-18(29(2)17-23-26-27-28-30(23)22-14-7-4-8-15-22)20-12-9-13-21(16-20)25-24(31)19-10-5-3-6-11-19/h3-16,18H,17H2,1-2H3,(H,25,31)/t18-/m1/s1. The molecule has 0 aliphatic rings. The summed E-state index contributed by atoms with van der Waals surface area (Å²) in [4.78, 5) is 14.6. The van der Waals surface area contributed by atoms with Gasteiger partial charge in [-0.15, -0.1) is 5.10 Å². The van der Waals surface area contributed by atoms with Crippen molar-refractivity contribution >= 4 is 11.6 Å². The van der Waals surface area contributed by atoms with Gasteiger partial charge in [-0.1, -0.05) is 48.5 Å². The van der Waals surface area contributed by atoms with E-state index in [0.29, 0.717) is 12.1 Å². The third-order valence-corrected chi connectivity index (χ3v) is 5.25. The number of tetrazole rings is 1. The molecule has 0 aliphatic carbocycles. The number of hydrogen-bond acceptors (Lipinski definition) is 5. The largest absolute Gasteiger partial charge is 0.322 e. The van der Waals surface area contributed by atoms with Gasteiger partial charge in [0.15, 0.2) is 5.82 Å². The first-order chi connectivity index (χ1) is 15.1. The quantitative estimate of drug-likeness (QED) is 0.494. The minimum Gasteiger partial charge on any atom is -0.322 e. The van der Waals surface area contributed by atoms with Crippen molar-refractivity contribution in [3.05, 3.63) is 102 Å². The van der Waals surface area contributed by atoms with E-state index >= 15 is 0 Å². The van der Waals surface area contributed by atoms with Crippen LogP contribution < -0.4 is 5.32 Å². The molecule has 1 heterocycles. The Morgan fingerprint density at radius 2 is 1.71 bits per heavy atom. The van der Waals surface area contributed by atoms with E-state index in [2.05, 4.69) is 38.7 Å². The summed E-state index contributed by atoms with van der Waals surface area (Å²) in [6.07, 6.45) is 0. The molecule has 156 valence electrons. The Kier molecular flexibility index (Phi) is 6.14. The number of carbonyl (C=O) groups is 1. The van der Waals surface area contributed by atoms with E-state index in [1.54, 1.807) is 16.8 Å². The summed E-state index contributed by atoms with van der Waals surface area (Å²) in [7, 11) is 2.03. The predicted octanol–water partition coefficient (Wildman–Crippen LogP) is 4.11. The van der Waals surface area contributed by atoms with Gasteiger partial charge >= 0.3 is 0 Å². The number of anilines is 1. The molecule has 1 atom stereocenters. The first-order valence-electron chi connectivity index (χ1n) is 10.1. The molecular weight excluding hydrogens is 388 g/mol. The normalized spacial score (nSPS) is 12.0. The highest BCUT2D eigenvalue weighted by atomic mass is 16.1. The molecule has 3 aromatic carbocycles. The Labute approximate surface area is 181 Å². The van der Waals surface area contributed by atoms with E-state index in [9.17, 15) is 4.79 Å². The van der Waals surface area contributed by atoms with Gasteiger partial charge < -0.3 is 5.32 Å². The van der Waals surface area contributed by atoms with Gasteiger partial charge in [-0.05, 0) is 66.4 Å². The van der Waals surface area contributed by atoms with Gasteiger partial charge in [-0.3, -0.25) is 9.69 Å². The molecule has 1 N–H and O–H groups in total. The van der Waals surface area contributed by atoms with E-state index in [-0.39, 0.29) is 11.9 Å². The number of para-hydroxylation sites is 1. The van der Waals surface area contributed by atoms with Crippen molar-refractivity contribution in [2.45, 2.75) is 19.5 Å². The van der Waals surface area contributed by atoms with Crippen molar-refractivity contribution in [2.75, 3.05) is 12.4 Å². The van der Waals surface area contributed by atoms with Crippen molar-refractivity contribution < 1.29 is 4.79 Å². The van der Waals surface area contributed by atoms with E-state index in [1.165, 1.54) is 0 Å². The van der Waals surface area contributed by atoms with Gasteiger partial charge in [0.25, 0.3) is 5.91 Å².